The Bertz CT molecular complexity index is 859. The zero-order valence-electron chi connectivity index (χ0n) is 20.8. The smallest absolute Gasteiger partial charge is 0.0159 e. The van der Waals surface area contributed by atoms with E-state index in [9.17, 15) is 0 Å². The molecule has 0 bridgehead atoms. The molecule has 2 fully saturated rings. The van der Waals surface area contributed by atoms with Crippen LogP contribution in [0.15, 0.2) is 48.6 Å². The first kappa shape index (κ1) is 23.6. The summed E-state index contributed by atoms with van der Waals surface area (Å²) in [5, 5.41) is 2.85. The van der Waals surface area contributed by atoms with Crippen LogP contribution in [0.2, 0.25) is 0 Å². The van der Waals surface area contributed by atoms with Gasteiger partial charge in [0, 0.05) is 0 Å². The van der Waals surface area contributed by atoms with E-state index in [1.165, 1.54) is 87.0 Å². The number of rotatable bonds is 10. The topological polar surface area (TPSA) is 0 Å². The third kappa shape index (κ3) is 6.27. The minimum atomic E-state index is 0.792. The highest BCUT2D eigenvalue weighted by Gasteiger charge is 2.35. The van der Waals surface area contributed by atoms with Crippen LogP contribution in [0.4, 0.5) is 0 Å². The van der Waals surface area contributed by atoms with Gasteiger partial charge in [-0.25, -0.2) is 0 Å². The largest absolute Gasteiger partial charge is 0.0917 e. The summed E-state index contributed by atoms with van der Waals surface area (Å²) in [5.41, 5.74) is 3.07. The van der Waals surface area contributed by atoms with Gasteiger partial charge in [0.1, 0.15) is 0 Å². The molecular weight excluding hydrogens is 384 g/mol. The van der Waals surface area contributed by atoms with E-state index < -0.39 is 0 Å². The molecule has 2 saturated carbocycles. The monoisotopic (exact) mass is 430 g/mol. The predicted octanol–water partition coefficient (Wildman–Crippen LogP) is 10.0. The molecule has 0 spiro atoms. The Labute approximate surface area is 197 Å². The zero-order chi connectivity index (χ0) is 22.2. The fourth-order valence-corrected chi connectivity index (χ4v) is 6.73. The van der Waals surface area contributed by atoms with Crippen LogP contribution in [0.1, 0.15) is 114 Å². The lowest BCUT2D eigenvalue weighted by atomic mass is 9.63. The van der Waals surface area contributed by atoms with Crippen LogP contribution in [-0.2, 0) is 6.42 Å². The fourth-order valence-electron chi connectivity index (χ4n) is 6.73. The van der Waals surface area contributed by atoms with E-state index in [-0.39, 0.29) is 0 Å². The van der Waals surface area contributed by atoms with E-state index >= 15 is 0 Å². The molecule has 32 heavy (non-hydrogen) atoms. The molecule has 2 aliphatic carbocycles. The van der Waals surface area contributed by atoms with Crippen LogP contribution in [0, 0.1) is 17.8 Å². The van der Waals surface area contributed by atoms with Gasteiger partial charge in [0.15, 0.2) is 0 Å². The van der Waals surface area contributed by atoms with Gasteiger partial charge >= 0.3 is 0 Å². The van der Waals surface area contributed by atoms with Crippen molar-refractivity contribution in [3.8, 4) is 0 Å². The number of allylic oxidation sites excluding steroid dienone is 2. The van der Waals surface area contributed by atoms with Gasteiger partial charge < -0.3 is 0 Å². The van der Waals surface area contributed by atoms with E-state index in [0.29, 0.717) is 0 Å². The lowest BCUT2D eigenvalue weighted by Gasteiger charge is -2.42. The summed E-state index contributed by atoms with van der Waals surface area (Å²) in [7, 11) is 0. The van der Waals surface area contributed by atoms with Crippen molar-refractivity contribution in [2.24, 2.45) is 17.8 Å². The number of aryl methyl sites for hydroxylation is 1. The summed E-state index contributed by atoms with van der Waals surface area (Å²) >= 11 is 0. The molecule has 2 aromatic rings. The maximum absolute atomic E-state index is 2.51. The molecular formula is C32H46. The third-order valence-electron chi connectivity index (χ3n) is 8.67. The highest BCUT2D eigenvalue weighted by Crippen LogP contribution is 2.48. The minimum Gasteiger partial charge on any atom is -0.0917 e. The fraction of sp³-hybridized carbons (Fsp3) is 0.625. The van der Waals surface area contributed by atoms with Crippen molar-refractivity contribution >= 4 is 10.8 Å². The maximum Gasteiger partial charge on any atom is -0.0159 e. The number of hydrogen-bond acceptors (Lipinski definition) is 0. The molecule has 0 heterocycles. The van der Waals surface area contributed by atoms with Crippen LogP contribution >= 0.6 is 0 Å². The van der Waals surface area contributed by atoms with Gasteiger partial charge in [-0.3, -0.25) is 0 Å². The Kier molecular flexibility index (Phi) is 8.89. The van der Waals surface area contributed by atoms with Crippen molar-refractivity contribution < 1.29 is 0 Å². The molecule has 0 radical (unpaired) electrons. The summed E-state index contributed by atoms with van der Waals surface area (Å²) in [6, 6.07) is 14.5. The molecule has 174 valence electrons. The van der Waals surface area contributed by atoms with Crippen LogP contribution in [0.5, 0.6) is 0 Å². The average Bonchev–Trinajstić information content (AvgIpc) is 2.83. The molecule has 0 aromatic heterocycles. The molecule has 0 saturated heterocycles. The van der Waals surface area contributed by atoms with Gasteiger partial charge in [-0.15, -0.1) is 0 Å². The van der Waals surface area contributed by atoms with Crippen LogP contribution in [0.3, 0.4) is 0 Å². The van der Waals surface area contributed by atoms with Gasteiger partial charge in [0.2, 0.25) is 0 Å². The highest BCUT2D eigenvalue weighted by molar-refractivity contribution is 5.84. The Balaban J connectivity index is 1.30. The molecule has 0 amide bonds. The lowest BCUT2D eigenvalue weighted by molar-refractivity contribution is 0.113. The second-order valence-electron chi connectivity index (χ2n) is 11.0. The molecule has 4 rings (SSSR count). The minimum absolute atomic E-state index is 0.792. The molecule has 2 aromatic carbocycles. The number of fused-ring (bicyclic) bond motifs is 2. The molecule has 0 aliphatic heterocycles. The second-order valence-corrected chi connectivity index (χ2v) is 11.0. The molecule has 2 aliphatic rings. The Morgan fingerprint density at radius 3 is 2.47 bits per heavy atom. The molecule has 0 heteroatoms. The first-order valence-corrected chi connectivity index (χ1v) is 13.9. The van der Waals surface area contributed by atoms with E-state index in [4.69, 9.17) is 0 Å². The summed E-state index contributed by atoms with van der Waals surface area (Å²) in [6.45, 7) is 4.43. The van der Waals surface area contributed by atoms with E-state index in [1.54, 1.807) is 12.0 Å². The summed E-state index contributed by atoms with van der Waals surface area (Å²) in [6.07, 6.45) is 24.3. The second kappa shape index (κ2) is 12.1. The standard InChI is InChI=1S/C32H46/c1-3-5-7-8-10-12-26-14-16-30-24-32(20-18-28(30)22-26)31-19-17-27-21-25(11-9-6-4-2)13-15-29(27)23-31/h4,6,13,15,17,19,21,23,26,28,30,32H,3,5,7-12,14,16,18,20,22,24H2,1-2H3. The van der Waals surface area contributed by atoms with Gasteiger partial charge in [-0.05, 0) is 97.4 Å². The quantitative estimate of drug-likeness (QED) is 0.260. The Hall–Kier alpha value is -1.56. The highest BCUT2D eigenvalue weighted by atomic mass is 14.4. The van der Waals surface area contributed by atoms with E-state index in [2.05, 4.69) is 62.4 Å². The summed E-state index contributed by atoms with van der Waals surface area (Å²) in [5.74, 6) is 3.85. The third-order valence-corrected chi connectivity index (χ3v) is 8.67. The van der Waals surface area contributed by atoms with E-state index in [1.807, 2.05) is 0 Å². The van der Waals surface area contributed by atoms with Crippen molar-refractivity contribution in [2.75, 3.05) is 0 Å². The normalized spacial score (nSPS) is 25.9. The number of benzene rings is 2. The van der Waals surface area contributed by atoms with Gasteiger partial charge in [-0.1, -0.05) is 100 Å². The SMILES string of the molecule is CC=CCCc1ccc2cc(C3CCC4CC(CCCCCCC)CCC4C3)ccc2c1. The molecule has 4 unspecified atom stereocenters. The van der Waals surface area contributed by atoms with Crippen molar-refractivity contribution in [2.45, 2.75) is 110 Å². The van der Waals surface area contributed by atoms with Crippen molar-refractivity contribution in [3.63, 3.8) is 0 Å². The van der Waals surface area contributed by atoms with Gasteiger partial charge in [-0.2, -0.15) is 0 Å². The van der Waals surface area contributed by atoms with Crippen molar-refractivity contribution in [1.29, 1.82) is 0 Å². The van der Waals surface area contributed by atoms with Crippen LogP contribution in [-0.4, -0.2) is 0 Å². The van der Waals surface area contributed by atoms with Crippen molar-refractivity contribution in [1.82, 2.24) is 0 Å². The summed E-state index contributed by atoms with van der Waals surface area (Å²) < 4.78 is 0. The summed E-state index contributed by atoms with van der Waals surface area (Å²) in [4.78, 5) is 0. The predicted molar refractivity (Wildman–Crippen MR) is 141 cm³/mol. The molecule has 0 N–H and O–H groups in total. The molecule has 4 atom stereocenters. The number of unbranched alkanes of at least 4 members (excludes halogenated alkanes) is 4. The first-order chi connectivity index (χ1) is 15.8. The van der Waals surface area contributed by atoms with Crippen molar-refractivity contribution in [3.05, 3.63) is 59.7 Å². The average molecular weight is 431 g/mol. The Morgan fingerprint density at radius 2 is 1.59 bits per heavy atom. The lowest BCUT2D eigenvalue weighted by Crippen LogP contribution is -2.30. The van der Waals surface area contributed by atoms with Gasteiger partial charge in [0.25, 0.3) is 0 Å². The molecule has 0 nitrogen and oxygen atoms in total. The van der Waals surface area contributed by atoms with Crippen LogP contribution in [0.25, 0.3) is 10.8 Å². The first-order valence-electron chi connectivity index (χ1n) is 13.9. The number of hydrogen-bond donors (Lipinski definition) is 0. The Morgan fingerprint density at radius 1 is 0.812 bits per heavy atom. The van der Waals surface area contributed by atoms with E-state index in [0.717, 1.165) is 36.5 Å². The maximum atomic E-state index is 2.51. The zero-order valence-corrected chi connectivity index (χ0v) is 20.8. The van der Waals surface area contributed by atoms with Gasteiger partial charge in [0.05, 0.1) is 0 Å². The van der Waals surface area contributed by atoms with Crippen LogP contribution < -0.4 is 0 Å².